The van der Waals surface area contributed by atoms with Gasteiger partial charge in [-0.15, -0.1) is 23.1 Å². The van der Waals surface area contributed by atoms with E-state index in [1.165, 1.54) is 15.3 Å². The van der Waals surface area contributed by atoms with Gasteiger partial charge in [-0.2, -0.15) is 0 Å². The summed E-state index contributed by atoms with van der Waals surface area (Å²) in [4.78, 5) is 11.6. The molecule has 0 unspecified atom stereocenters. The summed E-state index contributed by atoms with van der Waals surface area (Å²) in [5, 5.41) is 1.04. The van der Waals surface area contributed by atoms with Gasteiger partial charge in [0.2, 0.25) is 0 Å². The molecule has 0 N–H and O–H groups in total. The number of thiazole rings is 1. The van der Waals surface area contributed by atoms with Crippen molar-refractivity contribution < 1.29 is 0 Å². The zero-order chi connectivity index (χ0) is 17.9. The first-order valence-corrected chi connectivity index (χ1v) is 10.4. The van der Waals surface area contributed by atoms with Crippen LogP contribution in [-0.4, -0.2) is 16.2 Å². The molecule has 4 heteroatoms. The van der Waals surface area contributed by atoms with Crippen molar-refractivity contribution in [1.82, 2.24) is 9.97 Å². The van der Waals surface area contributed by atoms with E-state index in [0.717, 1.165) is 27.4 Å². The third-order valence-corrected chi connectivity index (χ3v) is 6.10. The van der Waals surface area contributed by atoms with Crippen LogP contribution in [-0.2, 0) is 0 Å². The molecule has 0 amide bonds. The maximum absolute atomic E-state index is 5.01. The van der Waals surface area contributed by atoms with Gasteiger partial charge < -0.3 is 0 Å². The van der Waals surface area contributed by atoms with Crippen molar-refractivity contribution in [2.45, 2.75) is 11.8 Å². The second-order valence-electron chi connectivity index (χ2n) is 6.03. The topological polar surface area (TPSA) is 25.8 Å². The lowest BCUT2D eigenvalue weighted by molar-refractivity contribution is 1.33. The third kappa shape index (κ3) is 3.43. The van der Waals surface area contributed by atoms with Crippen molar-refractivity contribution in [3.8, 4) is 32.3 Å². The van der Waals surface area contributed by atoms with E-state index in [1.54, 1.807) is 23.1 Å². The summed E-state index contributed by atoms with van der Waals surface area (Å²) in [6.07, 6.45) is 5.76. The van der Waals surface area contributed by atoms with Crippen molar-refractivity contribution in [3.05, 3.63) is 78.6 Å². The summed E-state index contributed by atoms with van der Waals surface area (Å²) >= 11 is 3.49. The lowest BCUT2D eigenvalue weighted by Gasteiger charge is -2.03. The summed E-state index contributed by atoms with van der Waals surface area (Å²) in [5.74, 6) is 0. The summed E-state index contributed by atoms with van der Waals surface area (Å²) in [6, 6.07) is 21.2. The van der Waals surface area contributed by atoms with Crippen molar-refractivity contribution in [1.29, 1.82) is 0 Å². The SMILES string of the molecule is CSc1ccc(-c2nc(-c3cccc(C)c3)c(-c3ccncc3)s2)cc1. The summed E-state index contributed by atoms with van der Waals surface area (Å²) in [7, 11) is 0. The smallest absolute Gasteiger partial charge is 0.124 e. The first-order valence-electron chi connectivity index (χ1n) is 8.37. The molecule has 4 rings (SSSR count). The number of rotatable bonds is 4. The number of benzene rings is 2. The van der Waals surface area contributed by atoms with Gasteiger partial charge in [-0.1, -0.05) is 35.9 Å². The molecule has 0 aliphatic rings. The first-order chi connectivity index (χ1) is 12.7. The minimum absolute atomic E-state index is 1.04. The second kappa shape index (κ2) is 7.44. The minimum Gasteiger partial charge on any atom is -0.265 e. The lowest BCUT2D eigenvalue weighted by atomic mass is 10.1. The van der Waals surface area contributed by atoms with Crippen LogP contribution in [0.4, 0.5) is 0 Å². The normalized spacial score (nSPS) is 10.8. The molecule has 0 saturated carbocycles. The molecule has 2 aromatic heterocycles. The molecule has 0 saturated heterocycles. The third-order valence-electron chi connectivity index (χ3n) is 4.20. The average molecular weight is 375 g/mol. The Hall–Kier alpha value is -2.43. The molecule has 0 spiro atoms. The van der Waals surface area contributed by atoms with E-state index < -0.39 is 0 Å². The summed E-state index contributed by atoms with van der Waals surface area (Å²) < 4.78 is 0. The fraction of sp³-hybridized carbons (Fsp3) is 0.0909. The van der Waals surface area contributed by atoms with E-state index in [9.17, 15) is 0 Å². The molecule has 0 aliphatic carbocycles. The number of thioether (sulfide) groups is 1. The Morgan fingerprint density at radius 3 is 2.31 bits per heavy atom. The second-order valence-corrected chi connectivity index (χ2v) is 7.91. The zero-order valence-corrected chi connectivity index (χ0v) is 16.3. The molecule has 0 atom stereocenters. The number of hydrogen-bond acceptors (Lipinski definition) is 4. The molecular weight excluding hydrogens is 356 g/mol. The van der Waals surface area contributed by atoms with Crippen LogP contribution >= 0.6 is 23.1 Å². The number of nitrogens with zero attached hydrogens (tertiary/aromatic N) is 2. The standard InChI is InChI=1S/C22H18N2S2/c1-15-4-3-5-18(14-15)20-21(16-10-12-23-13-11-16)26-22(24-20)17-6-8-19(25-2)9-7-17/h3-14H,1-2H3. The Morgan fingerprint density at radius 1 is 0.846 bits per heavy atom. The van der Waals surface area contributed by atoms with Crippen molar-refractivity contribution in [3.63, 3.8) is 0 Å². The highest BCUT2D eigenvalue weighted by atomic mass is 32.2. The maximum Gasteiger partial charge on any atom is 0.124 e. The number of aromatic nitrogens is 2. The molecule has 0 radical (unpaired) electrons. The van der Waals surface area contributed by atoms with E-state index in [4.69, 9.17) is 4.98 Å². The van der Waals surface area contributed by atoms with Gasteiger partial charge in [0.1, 0.15) is 5.01 Å². The molecule has 128 valence electrons. The highest BCUT2D eigenvalue weighted by molar-refractivity contribution is 7.98. The maximum atomic E-state index is 5.01. The molecule has 2 aromatic carbocycles. The largest absolute Gasteiger partial charge is 0.265 e. The highest BCUT2D eigenvalue weighted by Crippen LogP contribution is 2.40. The van der Waals surface area contributed by atoms with Crippen LogP contribution in [0, 0.1) is 6.92 Å². The molecule has 26 heavy (non-hydrogen) atoms. The molecule has 0 fully saturated rings. The Labute approximate surface area is 162 Å². The summed E-state index contributed by atoms with van der Waals surface area (Å²) in [6.45, 7) is 2.12. The Kier molecular flexibility index (Phi) is 4.87. The van der Waals surface area contributed by atoms with Gasteiger partial charge in [0.15, 0.2) is 0 Å². The van der Waals surface area contributed by atoms with E-state index in [2.05, 4.69) is 66.7 Å². The minimum atomic E-state index is 1.04. The average Bonchev–Trinajstić information content (AvgIpc) is 3.14. The highest BCUT2D eigenvalue weighted by Gasteiger charge is 2.16. The quantitative estimate of drug-likeness (QED) is 0.378. The predicted molar refractivity (Wildman–Crippen MR) is 113 cm³/mol. The van der Waals surface area contributed by atoms with Crippen LogP contribution in [0.1, 0.15) is 5.56 Å². The molecule has 2 nitrogen and oxygen atoms in total. The van der Waals surface area contributed by atoms with Gasteiger partial charge >= 0.3 is 0 Å². The first kappa shape index (κ1) is 17.0. The molecule has 0 aliphatic heterocycles. The van der Waals surface area contributed by atoms with Crippen molar-refractivity contribution in [2.75, 3.05) is 6.26 Å². The Balaban J connectivity index is 1.87. The number of pyridine rings is 1. The monoisotopic (exact) mass is 374 g/mol. The van der Waals surface area contributed by atoms with Gasteiger partial charge in [0.05, 0.1) is 10.6 Å². The fourth-order valence-corrected chi connectivity index (χ4v) is 4.37. The Morgan fingerprint density at radius 2 is 1.62 bits per heavy atom. The van der Waals surface area contributed by atoms with Gasteiger partial charge in [0.25, 0.3) is 0 Å². The molecule has 2 heterocycles. The van der Waals surface area contributed by atoms with E-state index in [0.29, 0.717) is 0 Å². The van der Waals surface area contributed by atoms with Gasteiger partial charge in [-0.05, 0) is 49.1 Å². The van der Waals surface area contributed by atoms with Crippen LogP contribution in [0.5, 0.6) is 0 Å². The van der Waals surface area contributed by atoms with Crippen LogP contribution in [0.3, 0.4) is 0 Å². The van der Waals surface area contributed by atoms with Gasteiger partial charge in [0, 0.05) is 28.4 Å². The molecule has 0 bridgehead atoms. The predicted octanol–water partition coefficient (Wildman–Crippen LogP) is 6.57. The molecule has 4 aromatic rings. The molecular formula is C22H18N2S2. The van der Waals surface area contributed by atoms with Crippen LogP contribution < -0.4 is 0 Å². The van der Waals surface area contributed by atoms with Crippen molar-refractivity contribution in [2.24, 2.45) is 0 Å². The summed E-state index contributed by atoms with van der Waals surface area (Å²) in [5.41, 5.74) is 5.74. The lowest BCUT2D eigenvalue weighted by Crippen LogP contribution is -1.84. The van der Waals surface area contributed by atoms with E-state index >= 15 is 0 Å². The van der Waals surface area contributed by atoms with Gasteiger partial charge in [-0.3, -0.25) is 4.98 Å². The van der Waals surface area contributed by atoms with Crippen LogP contribution in [0.25, 0.3) is 32.3 Å². The van der Waals surface area contributed by atoms with E-state index in [-0.39, 0.29) is 0 Å². The number of aryl methyl sites for hydroxylation is 1. The van der Waals surface area contributed by atoms with Crippen LogP contribution in [0.15, 0.2) is 78.0 Å². The van der Waals surface area contributed by atoms with Gasteiger partial charge in [-0.25, -0.2) is 4.98 Å². The Bertz CT molecular complexity index is 1020. The fourth-order valence-electron chi connectivity index (χ4n) is 2.86. The van der Waals surface area contributed by atoms with Crippen molar-refractivity contribution >= 4 is 23.1 Å². The zero-order valence-electron chi connectivity index (χ0n) is 14.6. The van der Waals surface area contributed by atoms with E-state index in [1.807, 2.05) is 24.5 Å². The number of hydrogen-bond donors (Lipinski definition) is 0. The van der Waals surface area contributed by atoms with Crippen LogP contribution in [0.2, 0.25) is 0 Å².